The molecule has 1 aromatic heterocycles. The highest BCUT2D eigenvalue weighted by molar-refractivity contribution is 8.18. The zero-order valence-corrected chi connectivity index (χ0v) is 21.1. The Labute approximate surface area is 216 Å². The standard InChI is InChI=1S/C25H21Cl2N5O2S/c1-31-9-11-32(12-10-31)24(34)16-7-8-28-20-6-5-15(13-17(16)20)14-21-23(33)30-25(35-21)29-22-18(26)3-2-4-19(22)27/h2-8,13-14H,9-12H2,1H3,(H,29,30,33). The topological polar surface area (TPSA) is 77.9 Å². The molecule has 3 heterocycles. The normalized spacial score (nSPS) is 19.1. The van der Waals surface area contributed by atoms with Crippen molar-refractivity contribution in [2.24, 2.45) is 4.99 Å². The summed E-state index contributed by atoms with van der Waals surface area (Å²) in [7, 11) is 2.06. The number of para-hydroxylation sites is 1. The number of carbonyl (C=O) groups is 2. The lowest BCUT2D eigenvalue weighted by Gasteiger charge is -2.32. The fourth-order valence-corrected chi connectivity index (χ4v) is 5.26. The number of piperazine rings is 1. The van der Waals surface area contributed by atoms with Crippen LogP contribution in [0.4, 0.5) is 5.69 Å². The first-order valence-corrected chi connectivity index (χ1v) is 12.6. The number of amides is 2. The molecule has 7 nitrogen and oxygen atoms in total. The largest absolute Gasteiger partial charge is 0.336 e. The van der Waals surface area contributed by atoms with Gasteiger partial charge in [-0.25, -0.2) is 4.99 Å². The van der Waals surface area contributed by atoms with Crippen LogP contribution in [-0.4, -0.2) is 65.0 Å². The molecule has 0 aliphatic carbocycles. The molecule has 2 fully saturated rings. The van der Waals surface area contributed by atoms with Crippen molar-refractivity contribution in [2.45, 2.75) is 0 Å². The van der Waals surface area contributed by atoms with E-state index in [4.69, 9.17) is 23.2 Å². The van der Waals surface area contributed by atoms with Gasteiger partial charge in [-0.15, -0.1) is 0 Å². The second-order valence-corrected chi connectivity index (χ2v) is 10.1. The van der Waals surface area contributed by atoms with Crippen molar-refractivity contribution < 1.29 is 9.59 Å². The minimum atomic E-state index is -0.267. The van der Waals surface area contributed by atoms with Crippen molar-refractivity contribution in [1.29, 1.82) is 0 Å². The number of fused-ring (bicyclic) bond motifs is 1. The fraction of sp³-hybridized carbons (Fsp3) is 0.200. The van der Waals surface area contributed by atoms with Gasteiger partial charge in [-0.3, -0.25) is 14.6 Å². The number of amidine groups is 1. The lowest BCUT2D eigenvalue weighted by Crippen LogP contribution is -2.47. The second kappa shape index (κ2) is 9.99. The van der Waals surface area contributed by atoms with Crippen molar-refractivity contribution in [2.75, 3.05) is 33.2 Å². The summed E-state index contributed by atoms with van der Waals surface area (Å²) in [6, 6.07) is 12.5. The maximum Gasteiger partial charge on any atom is 0.264 e. The molecular weight excluding hydrogens is 505 g/mol. The monoisotopic (exact) mass is 525 g/mol. The Kier molecular flexibility index (Phi) is 6.80. The number of nitrogens with one attached hydrogen (secondary N) is 1. The summed E-state index contributed by atoms with van der Waals surface area (Å²) in [5, 5.41) is 4.70. The molecule has 0 bridgehead atoms. The van der Waals surface area contributed by atoms with Gasteiger partial charge in [0.15, 0.2) is 5.17 Å². The highest BCUT2D eigenvalue weighted by atomic mass is 35.5. The average molecular weight is 526 g/mol. The van der Waals surface area contributed by atoms with Crippen molar-refractivity contribution in [3.8, 4) is 0 Å². The van der Waals surface area contributed by atoms with Crippen LogP contribution in [0, 0.1) is 0 Å². The summed E-state index contributed by atoms with van der Waals surface area (Å²) < 4.78 is 0. The van der Waals surface area contributed by atoms with E-state index in [0.717, 1.165) is 29.6 Å². The second-order valence-electron chi connectivity index (χ2n) is 8.28. The van der Waals surface area contributed by atoms with Crippen LogP contribution in [0.1, 0.15) is 15.9 Å². The highest BCUT2D eigenvalue weighted by Gasteiger charge is 2.25. The molecule has 0 unspecified atom stereocenters. The number of rotatable bonds is 3. The van der Waals surface area contributed by atoms with E-state index in [1.807, 2.05) is 23.1 Å². The quantitative estimate of drug-likeness (QED) is 0.496. The van der Waals surface area contributed by atoms with Crippen LogP contribution >= 0.6 is 35.0 Å². The molecule has 2 amide bonds. The molecule has 0 radical (unpaired) electrons. The number of aromatic nitrogens is 1. The van der Waals surface area contributed by atoms with Gasteiger partial charge in [0.2, 0.25) is 0 Å². The predicted molar refractivity (Wildman–Crippen MR) is 142 cm³/mol. The third-order valence-electron chi connectivity index (χ3n) is 5.89. The van der Waals surface area contributed by atoms with Crippen LogP contribution < -0.4 is 5.32 Å². The van der Waals surface area contributed by atoms with E-state index >= 15 is 0 Å². The molecule has 2 aromatic carbocycles. The van der Waals surface area contributed by atoms with Crippen LogP contribution in [0.2, 0.25) is 10.0 Å². The average Bonchev–Trinajstić information content (AvgIpc) is 3.19. The van der Waals surface area contributed by atoms with Gasteiger partial charge in [0.1, 0.15) is 5.69 Å². The van der Waals surface area contributed by atoms with Gasteiger partial charge < -0.3 is 15.1 Å². The van der Waals surface area contributed by atoms with Gasteiger partial charge in [-0.1, -0.05) is 35.3 Å². The Bertz CT molecular complexity index is 1380. The molecule has 35 heavy (non-hydrogen) atoms. The molecule has 0 atom stereocenters. The molecule has 5 rings (SSSR count). The molecule has 1 N–H and O–H groups in total. The van der Waals surface area contributed by atoms with E-state index in [-0.39, 0.29) is 11.8 Å². The molecular formula is C25H21Cl2N5O2S. The van der Waals surface area contributed by atoms with Crippen LogP contribution in [0.3, 0.4) is 0 Å². The number of hydrogen-bond acceptors (Lipinski definition) is 6. The number of likely N-dealkylation sites (N-methyl/N-ethyl adjacent to an activating group) is 1. The lowest BCUT2D eigenvalue weighted by molar-refractivity contribution is -0.115. The van der Waals surface area contributed by atoms with Crippen LogP contribution in [0.5, 0.6) is 0 Å². The number of halogens is 2. The predicted octanol–water partition coefficient (Wildman–Crippen LogP) is 4.82. The van der Waals surface area contributed by atoms with Gasteiger partial charge in [0, 0.05) is 37.8 Å². The maximum atomic E-state index is 13.3. The molecule has 3 aromatic rings. The molecule has 10 heteroatoms. The Morgan fingerprint density at radius 3 is 2.60 bits per heavy atom. The third-order valence-corrected chi connectivity index (χ3v) is 7.41. The van der Waals surface area contributed by atoms with E-state index in [1.54, 1.807) is 36.5 Å². The number of thioether (sulfide) groups is 1. The smallest absolute Gasteiger partial charge is 0.264 e. The number of nitrogens with zero attached hydrogens (tertiary/aromatic N) is 4. The van der Waals surface area contributed by atoms with E-state index in [0.29, 0.717) is 44.5 Å². The lowest BCUT2D eigenvalue weighted by atomic mass is 10.0. The molecule has 0 spiro atoms. The first kappa shape index (κ1) is 23.8. The van der Waals surface area contributed by atoms with Gasteiger partial charge in [-0.2, -0.15) is 0 Å². The first-order valence-electron chi connectivity index (χ1n) is 11.0. The van der Waals surface area contributed by atoms with Gasteiger partial charge >= 0.3 is 0 Å². The van der Waals surface area contributed by atoms with Gasteiger partial charge in [0.25, 0.3) is 11.8 Å². The summed E-state index contributed by atoms with van der Waals surface area (Å²) in [6.07, 6.45) is 3.43. The third kappa shape index (κ3) is 5.06. The van der Waals surface area contributed by atoms with E-state index in [9.17, 15) is 9.59 Å². The van der Waals surface area contributed by atoms with Crippen LogP contribution in [0.15, 0.2) is 58.6 Å². The van der Waals surface area contributed by atoms with Crippen LogP contribution in [0.25, 0.3) is 17.0 Å². The van der Waals surface area contributed by atoms with E-state index in [1.165, 1.54) is 11.8 Å². The summed E-state index contributed by atoms with van der Waals surface area (Å²) in [5.41, 5.74) is 2.53. The van der Waals surface area contributed by atoms with E-state index < -0.39 is 0 Å². The van der Waals surface area contributed by atoms with E-state index in [2.05, 4.69) is 27.2 Å². The molecule has 2 aliphatic heterocycles. The SMILES string of the molecule is CN1CCN(C(=O)c2ccnc3ccc(C=C4SC(=Nc5c(Cl)cccc5Cl)NC4=O)cc23)CC1. The highest BCUT2D eigenvalue weighted by Crippen LogP contribution is 2.36. The van der Waals surface area contributed by atoms with Crippen molar-refractivity contribution in [3.63, 3.8) is 0 Å². The Morgan fingerprint density at radius 2 is 1.86 bits per heavy atom. The van der Waals surface area contributed by atoms with Crippen molar-refractivity contribution in [3.05, 3.63) is 74.7 Å². The number of hydrogen-bond donors (Lipinski definition) is 1. The minimum absolute atomic E-state index is 0.00525. The maximum absolute atomic E-state index is 13.3. The number of carbonyl (C=O) groups excluding carboxylic acids is 2. The fourth-order valence-electron chi connectivity index (χ4n) is 3.95. The molecule has 0 saturated carbocycles. The Balaban J connectivity index is 1.44. The number of benzene rings is 2. The zero-order chi connectivity index (χ0) is 24.5. The summed E-state index contributed by atoms with van der Waals surface area (Å²) >= 11 is 13.6. The van der Waals surface area contributed by atoms with Crippen molar-refractivity contribution >= 4 is 74.6 Å². The summed E-state index contributed by atoms with van der Waals surface area (Å²) in [5.74, 6) is -0.272. The van der Waals surface area contributed by atoms with Gasteiger partial charge in [0.05, 0.1) is 26.0 Å². The number of aliphatic imine (C=N–C) groups is 1. The molecule has 2 aliphatic rings. The molecule has 178 valence electrons. The Morgan fingerprint density at radius 1 is 1.11 bits per heavy atom. The minimum Gasteiger partial charge on any atom is -0.336 e. The Hall–Kier alpha value is -2.91. The van der Waals surface area contributed by atoms with Crippen LogP contribution in [-0.2, 0) is 4.79 Å². The number of pyridine rings is 1. The van der Waals surface area contributed by atoms with Gasteiger partial charge in [-0.05, 0) is 60.8 Å². The summed E-state index contributed by atoms with van der Waals surface area (Å²) in [6.45, 7) is 3.08. The molecule has 2 saturated heterocycles. The first-order chi connectivity index (χ1) is 16.9. The zero-order valence-electron chi connectivity index (χ0n) is 18.8. The van der Waals surface area contributed by atoms with Crippen molar-refractivity contribution in [1.82, 2.24) is 20.1 Å². The summed E-state index contributed by atoms with van der Waals surface area (Å²) in [4.78, 5) is 39.3.